The molecule has 0 aliphatic heterocycles. The van der Waals surface area contributed by atoms with Gasteiger partial charge in [0.05, 0.1) is 2.74 Å². The number of hydrogen-bond acceptors (Lipinski definition) is 0. The molecular formula is C12H24. The molecule has 72 valence electrons. The van der Waals surface area contributed by atoms with Crippen LogP contribution in [-0.4, -0.2) is 0 Å². The van der Waals surface area contributed by atoms with Crippen molar-refractivity contribution in [1.82, 2.24) is 0 Å². The molecule has 0 saturated carbocycles. The Morgan fingerprint density at radius 2 is 1.08 bits per heavy atom. The molecule has 0 rings (SSSR count). The molecule has 0 aromatic rings. The molecule has 0 radical (unpaired) electrons. The third kappa shape index (κ3) is 9.74. The van der Waals surface area contributed by atoms with Crippen LogP contribution in [0.4, 0.5) is 0 Å². The van der Waals surface area contributed by atoms with Crippen LogP contribution in [0.25, 0.3) is 0 Å². The molecule has 0 aromatic heterocycles. The summed E-state index contributed by atoms with van der Waals surface area (Å²) in [5.41, 5.74) is 0.225. The van der Waals surface area contributed by atoms with Gasteiger partial charge in [-0.3, -0.25) is 0 Å². The van der Waals surface area contributed by atoms with Crippen molar-refractivity contribution >= 4 is 0 Å². The second-order valence-electron chi connectivity index (χ2n) is 5.83. The van der Waals surface area contributed by atoms with Crippen LogP contribution in [0.1, 0.15) is 57.1 Å². The average molecular weight is 170 g/mol. The van der Waals surface area contributed by atoms with Crippen LogP contribution in [0.2, 0.25) is 0 Å². The Bertz CT molecular complexity index is 189. The van der Waals surface area contributed by atoms with Crippen molar-refractivity contribution in [3.05, 3.63) is 12.1 Å². The van der Waals surface area contributed by atoms with Gasteiger partial charge in [0.15, 0.2) is 0 Å². The summed E-state index contributed by atoms with van der Waals surface area (Å²) < 4.78 is 15.6. The Kier molecular flexibility index (Phi) is 2.86. The number of rotatable bonds is 2. The molecule has 0 aliphatic carbocycles. The van der Waals surface area contributed by atoms with Crippen LogP contribution < -0.4 is 0 Å². The molecule has 0 spiro atoms. The molecule has 0 bridgehead atoms. The lowest BCUT2D eigenvalue weighted by atomic mass is 9.89. The third-order valence-electron chi connectivity index (χ3n) is 1.36. The molecule has 0 aromatic carbocycles. The minimum atomic E-state index is 0.112. The van der Waals surface area contributed by atoms with Gasteiger partial charge in [0.1, 0.15) is 0 Å². The monoisotopic (exact) mass is 170 g/mol. The summed E-state index contributed by atoms with van der Waals surface area (Å²) in [7, 11) is 0. The Hall–Kier alpha value is -0.260. The summed E-state index contributed by atoms with van der Waals surface area (Å²) >= 11 is 0. The highest BCUT2D eigenvalue weighted by atomic mass is 14.1. The van der Waals surface area contributed by atoms with Gasteiger partial charge >= 0.3 is 0 Å². The second kappa shape index (κ2) is 4.11. The summed E-state index contributed by atoms with van der Waals surface area (Å²) in [6.45, 7) is 12.6. The average Bonchev–Trinajstić information content (AvgIpc) is 1.78. The minimum absolute atomic E-state index is 0.112. The molecule has 0 amide bonds. The van der Waals surface area contributed by atoms with Crippen LogP contribution >= 0.6 is 0 Å². The summed E-state index contributed by atoms with van der Waals surface area (Å²) in [6, 6.07) is 0.986. The van der Waals surface area contributed by atoms with Crippen LogP contribution in [-0.2, 0) is 0 Å². The maximum absolute atomic E-state index is 7.81. The first kappa shape index (κ1) is 8.34. The van der Waals surface area contributed by atoms with E-state index in [1.807, 2.05) is 0 Å². The SMILES string of the molecule is [2H]/C(CC(C)(C)C)=C(\[2H])CC(C)(C)C. The van der Waals surface area contributed by atoms with E-state index in [9.17, 15) is 0 Å². The molecule has 0 heteroatoms. The van der Waals surface area contributed by atoms with Crippen LogP contribution in [0.3, 0.4) is 0 Å². The number of hydrogen-bond donors (Lipinski definition) is 0. The van der Waals surface area contributed by atoms with Crippen LogP contribution in [0.15, 0.2) is 12.1 Å². The van der Waals surface area contributed by atoms with Gasteiger partial charge in [-0.15, -0.1) is 0 Å². The summed E-state index contributed by atoms with van der Waals surface area (Å²) in [5, 5.41) is 0. The van der Waals surface area contributed by atoms with Crippen LogP contribution in [0.5, 0.6) is 0 Å². The van der Waals surface area contributed by atoms with Gasteiger partial charge in [0.25, 0.3) is 0 Å². The van der Waals surface area contributed by atoms with E-state index in [1.165, 1.54) is 0 Å². The standard InChI is InChI=1S/C12H24/c1-11(2,3)9-7-8-10-12(4,5)6/h7-8H,9-10H2,1-6H3/b8-7-/i7D,8D. The maximum Gasteiger partial charge on any atom is 0.0573 e. The molecule has 0 aliphatic rings. The van der Waals surface area contributed by atoms with E-state index in [0.29, 0.717) is 24.9 Å². The van der Waals surface area contributed by atoms with E-state index in [0.717, 1.165) is 0 Å². The lowest BCUT2D eigenvalue weighted by Crippen LogP contribution is -2.04. The van der Waals surface area contributed by atoms with Crippen LogP contribution in [0, 0.1) is 10.8 Å². The summed E-state index contributed by atoms with van der Waals surface area (Å²) in [6.07, 6.45) is 1.39. The highest BCUT2D eigenvalue weighted by molar-refractivity contribution is 4.88. The van der Waals surface area contributed by atoms with Gasteiger partial charge in [-0.1, -0.05) is 53.6 Å². The van der Waals surface area contributed by atoms with Gasteiger partial charge in [-0.25, -0.2) is 0 Å². The zero-order chi connectivity index (χ0) is 11.6. The fourth-order valence-electron chi connectivity index (χ4n) is 0.655. The van der Waals surface area contributed by atoms with Gasteiger partial charge < -0.3 is 0 Å². The smallest absolute Gasteiger partial charge is 0.0573 e. The maximum atomic E-state index is 7.81. The third-order valence-corrected chi connectivity index (χ3v) is 1.36. The van der Waals surface area contributed by atoms with Gasteiger partial charge in [0.2, 0.25) is 0 Å². The van der Waals surface area contributed by atoms with E-state index in [1.54, 1.807) is 0 Å². The van der Waals surface area contributed by atoms with E-state index >= 15 is 0 Å². The molecule has 12 heavy (non-hydrogen) atoms. The zero-order valence-electron chi connectivity index (χ0n) is 11.4. The zero-order valence-corrected chi connectivity index (χ0v) is 9.41. The first-order valence-electron chi connectivity index (χ1n) is 5.66. The molecule has 0 unspecified atom stereocenters. The minimum Gasteiger partial charge on any atom is -0.0880 e. The molecule has 0 fully saturated rings. The van der Waals surface area contributed by atoms with E-state index in [4.69, 9.17) is 2.74 Å². The number of allylic oxidation sites excluding steroid dienone is 2. The normalized spacial score (nSPS) is 18.2. The lowest BCUT2D eigenvalue weighted by Gasteiger charge is -2.17. The first-order chi connectivity index (χ1) is 6.01. The van der Waals surface area contributed by atoms with E-state index in [2.05, 4.69) is 41.5 Å². The van der Waals surface area contributed by atoms with Gasteiger partial charge in [-0.05, 0) is 23.7 Å². The van der Waals surface area contributed by atoms with Crippen molar-refractivity contribution in [2.75, 3.05) is 0 Å². The summed E-state index contributed by atoms with van der Waals surface area (Å²) in [4.78, 5) is 0. The predicted molar refractivity (Wildman–Crippen MR) is 57.3 cm³/mol. The molecular weight excluding hydrogens is 144 g/mol. The van der Waals surface area contributed by atoms with Crippen molar-refractivity contribution in [3.63, 3.8) is 0 Å². The Morgan fingerprint density at radius 1 is 0.833 bits per heavy atom. The van der Waals surface area contributed by atoms with Gasteiger partial charge in [0, 0.05) is 0 Å². The van der Waals surface area contributed by atoms with E-state index < -0.39 is 0 Å². The van der Waals surface area contributed by atoms with Crippen molar-refractivity contribution in [3.8, 4) is 0 Å². The van der Waals surface area contributed by atoms with Crippen molar-refractivity contribution in [2.45, 2.75) is 54.4 Å². The van der Waals surface area contributed by atoms with E-state index in [-0.39, 0.29) is 10.8 Å². The van der Waals surface area contributed by atoms with Crippen molar-refractivity contribution < 1.29 is 2.74 Å². The lowest BCUT2D eigenvalue weighted by molar-refractivity contribution is 0.408. The Morgan fingerprint density at radius 3 is 1.25 bits per heavy atom. The molecule has 0 heterocycles. The first-order valence-corrected chi connectivity index (χ1v) is 4.66. The highest BCUT2D eigenvalue weighted by Gasteiger charge is 2.08. The Labute approximate surface area is 80.9 Å². The topological polar surface area (TPSA) is 0 Å². The van der Waals surface area contributed by atoms with Crippen molar-refractivity contribution in [1.29, 1.82) is 0 Å². The molecule has 0 atom stereocenters. The fourth-order valence-corrected chi connectivity index (χ4v) is 0.655. The molecule has 0 nitrogen and oxygen atoms in total. The summed E-state index contributed by atoms with van der Waals surface area (Å²) in [5.74, 6) is 0. The highest BCUT2D eigenvalue weighted by Crippen LogP contribution is 2.22. The molecule has 0 saturated heterocycles. The van der Waals surface area contributed by atoms with Gasteiger partial charge in [-0.2, -0.15) is 0 Å². The second-order valence-corrected chi connectivity index (χ2v) is 5.83. The fraction of sp³-hybridized carbons (Fsp3) is 0.833. The quantitative estimate of drug-likeness (QED) is 0.538. The largest absolute Gasteiger partial charge is 0.0880 e. The van der Waals surface area contributed by atoms with Crippen molar-refractivity contribution in [2.24, 2.45) is 10.8 Å². The predicted octanol–water partition coefficient (Wildman–Crippen LogP) is 4.42. The Balaban J connectivity index is 4.45. The molecule has 0 N–H and O–H groups in total.